The van der Waals surface area contributed by atoms with Gasteiger partial charge in [-0.1, -0.05) is 13.8 Å². The summed E-state index contributed by atoms with van der Waals surface area (Å²) in [4.78, 5) is 32.0. The summed E-state index contributed by atoms with van der Waals surface area (Å²) < 4.78 is 10.1. The molecule has 0 aromatic rings. The average Bonchev–Trinajstić information content (AvgIpc) is 3.61. The topological polar surface area (TPSA) is 132 Å². The summed E-state index contributed by atoms with van der Waals surface area (Å²) in [5.41, 5.74) is 5.35. The maximum absolute atomic E-state index is 11.3. The molecule has 0 atom stereocenters. The zero-order chi connectivity index (χ0) is 27.2. The quantitative estimate of drug-likeness (QED) is 0.262. The van der Waals surface area contributed by atoms with Crippen molar-refractivity contribution in [1.29, 1.82) is 0 Å². The van der Waals surface area contributed by atoms with Gasteiger partial charge in [-0.2, -0.15) is 0 Å². The van der Waals surface area contributed by atoms with Gasteiger partial charge in [0.1, 0.15) is 17.5 Å². The van der Waals surface area contributed by atoms with Gasteiger partial charge < -0.3 is 36.0 Å². The van der Waals surface area contributed by atoms with Gasteiger partial charge in [-0.15, -0.1) is 0 Å². The van der Waals surface area contributed by atoms with Gasteiger partial charge in [0.15, 0.2) is 0 Å². The third-order valence-corrected chi connectivity index (χ3v) is 5.47. The second-order valence-corrected chi connectivity index (χ2v) is 12.1. The minimum absolute atomic E-state index is 0.339. The van der Waals surface area contributed by atoms with Crippen molar-refractivity contribution in [1.82, 2.24) is 16.0 Å². The van der Waals surface area contributed by atoms with E-state index in [9.17, 15) is 14.4 Å². The number of alkyl carbamates (subject to hydrolysis) is 2. The Bertz CT molecular complexity index is 633. The summed E-state index contributed by atoms with van der Waals surface area (Å²) in [7, 11) is 0. The second kappa shape index (κ2) is 15.3. The summed E-state index contributed by atoms with van der Waals surface area (Å²) in [5, 5.41) is 8.56. The molecule has 2 aliphatic carbocycles. The van der Waals surface area contributed by atoms with E-state index in [4.69, 9.17) is 15.2 Å². The zero-order valence-electron chi connectivity index (χ0n) is 23.5. The highest BCUT2D eigenvalue weighted by Gasteiger charge is 2.36. The molecule has 5 N–H and O–H groups in total. The number of rotatable bonds is 10. The van der Waals surface area contributed by atoms with Crippen LogP contribution in [0.5, 0.6) is 0 Å². The van der Waals surface area contributed by atoms with Crippen molar-refractivity contribution in [2.75, 3.05) is 32.7 Å². The molecule has 0 aromatic carbocycles. The Kier molecular flexibility index (Phi) is 14.5. The maximum Gasteiger partial charge on any atom is 0.407 e. The van der Waals surface area contributed by atoms with Crippen LogP contribution in [0.15, 0.2) is 0 Å². The monoisotopic (exact) mass is 500 g/mol. The van der Waals surface area contributed by atoms with Gasteiger partial charge in [-0.25, -0.2) is 9.59 Å². The van der Waals surface area contributed by atoms with Crippen LogP contribution in [-0.2, 0) is 14.3 Å². The molecule has 0 radical (unpaired) electrons. The van der Waals surface area contributed by atoms with E-state index in [2.05, 4.69) is 29.8 Å². The molecule has 9 heteroatoms. The van der Waals surface area contributed by atoms with Crippen molar-refractivity contribution in [3.63, 3.8) is 0 Å². The number of nitrogens with one attached hydrogen (secondary N) is 3. The van der Waals surface area contributed by atoms with Gasteiger partial charge in [0, 0.05) is 32.6 Å². The van der Waals surface area contributed by atoms with Crippen molar-refractivity contribution < 1.29 is 23.9 Å². The number of nitrogens with two attached hydrogens (primary N) is 1. The molecule has 2 amide bonds. The van der Waals surface area contributed by atoms with Crippen molar-refractivity contribution >= 4 is 18.5 Å². The summed E-state index contributed by atoms with van der Waals surface area (Å²) in [6.07, 6.45) is 7.52. The molecule has 0 aromatic heterocycles. The standard InChI is InChI=1S/C13H26N2O2.C7H16N2O2.C6H10O/c1-12(2,3)17-11(16)15-10-9-14-8-7-13(4)5-6-13;1-7(2,3)11-6(10)9-5-4-8;1-6(2-3-6)4-5-7/h14H,5-10H2,1-4H3,(H,15,16);4-5,8H2,1-3H3,(H,9,10);5H,2-4H2,1H3. The average molecular weight is 501 g/mol. The first-order chi connectivity index (χ1) is 16.0. The Morgan fingerprint density at radius 3 is 1.60 bits per heavy atom. The van der Waals surface area contributed by atoms with Gasteiger partial charge in [0.25, 0.3) is 0 Å². The van der Waals surface area contributed by atoms with E-state index in [-0.39, 0.29) is 6.09 Å². The lowest BCUT2D eigenvalue weighted by molar-refractivity contribution is -0.108. The molecule has 35 heavy (non-hydrogen) atoms. The van der Waals surface area contributed by atoms with E-state index in [1.165, 1.54) is 32.1 Å². The van der Waals surface area contributed by atoms with Crippen LogP contribution in [0.25, 0.3) is 0 Å². The van der Waals surface area contributed by atoms with E-state index in [0.29, 0.717) is 30.5 Å². The molecule has 0 spiro atoms. The molecule has 206 valence electrons. The van der Waals surface area contributed by atoms with E-state index >= 15 is 0 Å². The smallest absolute Gasteiger partial charge is 0.407 e. The van der Waals surface area contributed by atoms with Crippen LogP contribution in [0.4, 0.5) is 9.59 Å². The van der Waals surface area contributed by atoms with Crippen LogP contribution in [0.3, 0.4) is 0 Å². The number of hydrogen-bond donors (Lipinski definition) is 4. The Balaban J connectivity index is 0.000000548. The van der Waals surface area contributed by atoms with Crippen molar-refractivity contribution in [3.8, 4) is 0 Å². The van der Waals surface area contributed by atoms with E-state index < -0.39 is 17.3 Å². The van der Waals surface area contributed by atoms with Crippen LogP contribution in [0.2, 0.25) is 0 Å². The highest BCUT2D eigenvalue weighted by molar-refractivity contribution is 5.67. The lowest BCUT2D eigenvalue weighted by atomic mass is 10.1. The number of carbonyl (C=O) groups is 3. The first-order valence-corrected chi connectivity index (χ1v) is 12.8. The van der Waals surface area contributed by atoms with Crippen molar-refractivity contribution in [2.45, 2.75) is 105 Å². The molecule has 2 aliphatic rings. The molecule has 0 saturated heterocycles. The number of carbonyl (C=O) groups excluding carboxylic acids is 3. The third kappa shape index (κ3) is 22.3. The van der Waals surface area contributed by atoms with E-state index in [1.807, 2.05) is 41.5 Å². The van der Waals surface area contributed by atoms with Crippen LogP contribution in [-0.4, -0.2) is 62.4 Å². The summed E-state index contributed by atoms with van der Waals surface area (Å²) >= 11 is 0. The SMILES string of the molecule is CC(C)(C)OC(=O)NCCN.CC1(CC=O)CC1.CC1(CCNCCNC(=O)OC(C)(C)C)CC1. The van der Waals surface area contributed by atoms with Crippen LogP contribution in [0.1, 0.15) is 93.9 Å². The van der Waals surface area contributed by atoms with E-state index in [0.717, 1.165) is 25.8 Å². The Morgan fingerprint density at radius 1 is 0.800 bits per heavy atom. The summed E-state index contributed by atoms with van der Waals surface area (Å²) in [6, 6.07) is 0. The Hall–Kier alpha value is -1.87. The highest BCUT2D eigenvalue weighted by Crippen LogP contribution is 2.47. The fourth-order valence-electron chi connectivity index (χ4n) is 2.65. The van der Waals surface area contributed by atoms with Crippen LogP contribution in [0, 0.1) is 10.8 Å². The minimum atomic E-state index is -0.432. The first kappa shape index (κ1) is 33.1. The van der Waals surface area contributed by atoms with Gasteiger partial charge >= 0.3 is 12.2 Å². The summed E-state index contributed by atoms with van der Waals surface area (Å²) in [5.74, 6) is 0. The van der Waals surface area contributed by atoms with E-state index in [1.54, 1.807) is 0 Å². The third-order valence-electron chi connectivity index (χ3n) is 5.47. The molecule has 0 bridgehead atoms. The molecular weight excluding hydrogens is 448 g/mol. The summed E-state index contributed by atoms with van der Waals surface area (Å²) in [6.45, 7) is 18.8. The minimum Gasteiger partial charge on any atom is -0.444 e. The molecular formula is C26H52N4O5. The normalized spacial score (nSPS) is 16.8. The molecule has 0 aliphatic heterocycles. The maximum atomic E-state index is 11.3. The molecule has 2 saturated carbocycles. The van der Waals surface area contributed by atoms with Crippen molar-refractivity contribution in [3.05, 3.63) is 0 Å². The lowest BCUT2D eigenvalue weighted by Crippen LogP contribution is -2.36. The predicted molar refractivity (Wildman–Crippen MR) is 140 cm³/mol. The van der Waals surface area contributed by atoms with Crippen LogP contribution >= 0.6 is 0 Å². The molecule has 2 rings (SSSR count). The fraction of sp³-hybridized carbons (Fsp3) is 0.885. The van der Waals surface area contributed by atoms with Gasteiger partial charge in [-0.05, 0) is 91.0 Å². The first-order valence-electron chi connectivity index (χ1n) is 12.8. The van der Waals surface area contributed by atoms with Gasteiger partial charge in [-0.3, -0.25) is 0 Å². The predicted octanol–water partition coefficient (Wildman–Crippen LogP) is 4.14. The second-order valence-electron chi connectivity index (χ2n) is 12.1. The molecule has 9 nitrogen and oxygen atoms in total. The lowest BCUT2D eigenvalue weighted by Gasteiger charge is -2.19. The number of ether oxygens (including phenoxy) is 2. The zero-order valence-corrected chi connectivity index (χ0v) is 23.5. The highest BCUT2D eigenvalue weighted by atomic mass is 16.6. The van der Waals surface area contributed by atoms with Gasteiger partial charge in [0.2, 0.25) is 0 Å². The fourth-order valence-corrected chi connectivity index (χ4v) is 2.65. The van der Waals surface area contributed by atoms with Crippen LogP contribution < -0.4 is 21.7 Å². The molecule has 0 heterocycles. The number of amides is 2. The number of hydrogen-bond acceptors (Lipinski definition) is 7. The Labute approximate surface area is 213 Å². The largest absolute Gasteiger partial charge is 0.444 e. The van der Waals surface area contributed by atoms with Crippen molar-refractivity contribution in [2.24, 2.45) is 16.6 Å². The molecule has 2 fully saturated rings. The Morgan fingerprint density at radius 2 is 1.26 bits per heavy atom. The number of aldehydes is 1. The molecule has 0 unspecified atom stereocenters. The van der Waals surface area contributed by atoms with Gasteiger partial charge in [0.05, 0.1) is 0 Å².